The maximum Gasteiger partial charge on any atom is 0.135 e. The monoisotopic (exact) mass is 370 g/mol. The second kappa shape index (κ2) is 6.46. The molecule has 0 aliphatic heterocycles. The number of aryl methyl sites for hydroxylation is 1. The van der Waals surface area contributed by atoms with E-state index < -0.39 is 0 Å². The summed E-state index contributed by atoms with van der Waals surface area (Å²) in [6.07, 6.45) is 0. The van der Waals surface area contributed by atoms with E-state index in [1.807, 2.05) is 12.3 Å². The molecule has 4 aromatic rings. The van der Waals surface area contributed by atoms with Gasteiger partial charge in [-0.3, -0.25) is 0 Å². The van der Waals surface area contributed by atoms with Gasteiger partial charge in [0.15, 0.2) is 0 Å². The maximum absolute atomic E-state index is 13.1. The molecule has 0 aliphatic rings. The van der Waals surface area contributed by atoms with E-state index in [0.29, 0.717) is 0 Å². The number of hydrogen-bond acceptors (Lipinski definition) is 4. The molecule has 0 bridgehead atoms. The lowest BCUT2D eigenvalue weighted by molar-refractivity contribution is 0.627. The van der Waals surface area contributed by atoms with Gasteiger partial charge in [0.2, 0.25) is 0 Å². The number of benzene rings is 2. The van der Waals surface area contributed by atoms with Crippen LogP contribution in [0.1, 0.15) is 5.69 Å². The molecule has 0 spiro atoms. The van der Waals surface area contributed by atoms with Gasteiger partial charge in [-0.05, 0) is 55.5 Å². The first-order valence-corrected chi connectivity index (χ1v) is 9.25. The first-order valence-electron chi connectivity index (χ1n) is 7.55. The van der Waals surface area contributed by atoms with Crippen LogP contribution in [0.5, 0.6) is 0 Å². The van der Waals surface area contributed by atoms with Gasteiger partial charge in [0, 0.05) is 16.5 Å². The minimum absolute atomic E-state index is 0.263. The van der Waals surface area contributed by atoms with E-state index in [0.717, 1.165) is 37.4 Å². The number of nitrogens with zero attached hydrogens (tertiary/aromatic N) is 2. The van der Waals surface area contributed by atoms with Crippen molar-refractivity contribution in [1.82, 2.24) is 9.97 Å². The highest BCUT2D eigenvalue weighted by atomic mass is 32.1. The van der Waals surface area contributed by atoms with Gasteiger partial charge in [-0.25, -0.2) is 18.7 Å². The highest BCUT2D eigenvalue weighted by Gasteiger charge is 2.15. The van der Waals surface area contributed by atoms with Crippen LogP contribution in [0.2, 0.25) is 0 Å². The molecule has 0 unspecified atom stereocenters. The van der Waals surface area contributed by atoms with E-state index in [4.69, 9.17) is 0 Å². The highest BCUT2D eigenvalue weighted by molar-refractivity contribution is 7.23. The molecule has 0 saturated carbocycles. The summed E-state index contributed by atoms with van der Waals surface area (Å²) in [5.74, 6) is -0.525. The number of aromatic nitrogens is 2. The molecule has 4 rings (SSSR count). The van der Waals surface area contributed by atoms with Crippen LogP contribution in [0, 0.1) is 18.6 Å². The summed E-state index contributed by atoms with van der Waals surface area (Å²) in [5.41, 5.74) is 3.47. The summed E-state index contributed by atoms with van der Waals surface area (Å²) in [7, 11) is 0. The predicted molar refractivity (Wildman–Crippen MR) is 98.7 cm³/mol. The number of rotatable bonds is 3. The zero-order chi connectivity index (χ0) is 17.4. The fourth-order valence-corrected chi connectivity index (χ4v) is 4.49. The summed E-state index contributed by atoms with van der Waals surface area (Å²) in [6.45, 7) is 1.94. The minimum atomic E-state index is -0.263. The van der Waals surface area contributed by atoms with Crippen molar-refractivity contribution < 1.29 is 8.78 Å². The molecule has 0 N–H and O–H groups in total. The van der Waals surface area contributed by atoms with E-state index >= 15 is 0 Å². The average molecular weight is 370 g/mol. The third kappa shape index (κ3) is 3.23. The number of thiazole rings is 2. The summed E-state index contributed by atoms with van der Waals surface area (Å²) in [4.78, 5) is 10.3. The molecule has 124 valence electrons. The highest BCUT2D eigenvalue weighted by Crippen LogP contribution is 2.38. The van der Waals surface area contributed by atoms with E-state index in [-0.39, 0.29) is 11.6 Å². The van der Waals surface area contributed by atoms with Crippen LogP contribution < -0.4 is 0 Å². The average Bonchev–Trinajstić information content (AvgIpc) is 3.23. The van der Waals surface area contributed by atoms with Crippen LogP contribution in [-0.4, -0.2) is 9.97 Å². The molecular weight excluding hydrogens is 358 g/mol. The molecule has 2 nitrogen and oxygen atoms in total. The van der Waals surface area contributed by atoms with Gasteiger partial charge in [0.1, 0.15) is 21.6 Å². The van der Waals surface area contributed by atoms with Crippen LogP contribution in [0.25, 0.3) is 31.7 Å². The number of hydrogen-bond donors (Lipinski definition) is 0. The Kier molecular flexibility index (Phi) is 4.15. The normalized spacial score (nSPS) is 11.0. The molecular formula is C19H12F2N2S2. The van der Waals surface area contributed by atoms with Crippen LogP contribution in [0.4, 0.5) is 8.78 Å². The lowest BCUT2D eigenvalue weighted by atomic mass is 10.2. The van der Waals surface area contributed by atoms with Crippen molar-refractivity contribution in [3.63, 3.8) is 0 Å². The third-order valence-electron chi connectivity index (χ3n) is 3.73. The Morgan fingerprint density at radius 3 is 2.00 bits per heavy atom. The van der Waals surface area contributed by atoms with E-state index in [9.17, 15) is 8.78 Å². The molecule has 2 heterocycles. The Bertz CT molecular complexity index is 1020. The van der Waals surface area contributed by atoms with Gasteiger partial charge in [0.25, 0.3) is 0 Å². The molecule has 0 fully saturated rings. The van der Waals surface area contributed by atoms with Crippen LogP contribution in [0.15, 0.2) is 53.9 Å². The van der Waals surface area contributed by atoms with Crippen molar-refractivity contribution in [3.8, 4) is 31.7 Å². The third-order valence-corrected chi connectivity index (χ3v) is 5.93. The van der Waals surface area contributed by atoms with E-state index in [2.05, 4.69) is 9.97 Å². The largest absolute Gasteiger partial charge is 0.241 e. The molecule has 0 radical (unpaired) electrons. The smallest absolute Gasteiger partial charge is 0.135 e. The molecule has 0 aliphatic carbocycles. The van der Waals surface area contributed by atoms with Crippen molar-refractivity contribution in [1.29, 1.82) is 0 Å². The topological polar surface area (TPSA) is 25.8 Å². The van der Waals surface area contributed by atoms with Crippen LogP contribution in [-0.2, 0) is 0 Å². The van der Waals surface area contributed by atoms with Crippen LogP contribution in [0.3, 0.4) is 0 Å². The van der Waals surface area contributed by atoms with Gasteiger partial charge in [-0.1, -0.05) is 0 Å². The fraction of sp³-hybridized carbons (Fsp3) is 0.0526. The molecule has 0 amide bonds. The molecule has 0 atom stereocenters. The predicted octanol–water partition coefficient (Wildman–Crippen LogP) is 6.19. The van der Waals surface area contributed by atoms with Gasteiger partial charge < -0.3 is 0 Å². The van der Waals surface area contributed by atoms with Gasteiger partial charge in [-0.15, -0.1) is 22.7 Å². The Balaban J connectivity index is 1.69. The molecule has 0 saturated heterocycles. The van der Waals surface area contributed by atoms with Gasteiger partial charge in [0.05, 0.1) is 16.3 Å². The molecule has 25 heavy (non-hydrogen) atoms. The second-order valence-corrected chi connectivity index (χ2v) is 7.34. The zero-order valence-electron chi connectivity index (χ0n) is 13.2. The lowest BCUT2D eigenvalue weighted by Crippen LogP contribution is -1.81. The van der Waals surface area contributed by atoms with Crippen molar-refractivity contribution in [3.05, 3.63) is 71.2 Å². The zero-order valence-corrected chi connectivity index (χ0v) is 14.8. The van der Waals surface area contributed by atoms with E-state index in [1.54, 1.807) is 24.3 Å². The summed E-state index contributed by atoms with van der Waals surface area (Å²) in [6, 6.07) is 12.6. The number of halogens is 2. The van der Waals surface area contributed by atoms with E-state index in [1.165, 1.54) is 46.9 Å². The molecule has 2 aromatic heterocycles. The summed E-state index contributed by atoms with van der Waals surface area (Å²) in [5, 5.41) is 3.67. The van der Waals surface area contributed by atoms with Crippen LogP contribution >= 0.6 is 22.7 Å². The second-order valence-electron chi connectivity index (χ2n) is 5.49. The SMILES string of the molecule is Cc1nc(-c2ccc(F)cc2)sc1-c1nc(-c2ccc(F)cc2)cs1. The van der Waals surface area contributed by atoms with Gasteiger partial charge >= 0.3 is 0 Å². The fourth-order valence-electron chi connectivity index (χ4n) is 2.44. The maximum atomic E-state index is 13.1. The van der Waals surface area contributed by atoms with Crippen molar-refractivity contribution in [2.75, 3.05) is 0 Å². The summed E-state index contributed by atoms with van der Waals surface area (Å²) < 4.78 is 26.2. The first-order chi connectivity index (χ1) is 12.1. The Labute approximate surface area is 151 Å². The Morgan fingerprint density at radius 2 is 1.36 bits per heavy atom. The van der Waals surface area contributed by atoms with Crippen molar-refractivity contribution >= 4 is 22.7 Å². The summed E-state index contributed by atoms with van der Waals surface area (Å²) >= 11 is 3.07. The minimum Gasteiger partial charge on any atom is -0.241 e. The van der Waals surface area contributed by atoms with Crippen molar-refractivity contribution in [2.24, 2.45) is 0 Å². The Hall–Kier alpha value is -2.44. The van der Waals surface area contributed by atoms with Gasteiger partial charge in [-0.2, -0.15) is 0 Å². The Morgan fingerprint density at radius 1 is 0.760 bits per heavy atom. The molecule has 6 heteroatoms. The van der Waals surface area contributed by atoms with Crippen molar-refractivity contribution in [2.45, 2.75) is 6.92 Å². The quantitative estimate of drug-likeness (QED) is 0.430. The molecule has 2 aromatic carbocycles. The lowest BCUT2D eigenvalue weighted by Gasteiger charge is -1.96. The standard InChI is InChI=1S/C19H12F2N2S2/c1-11-17(25-18(22-11)13-4-8-15(21)9-5-13)19-23-16(10-24-19)12-2-6-14(20)7-3-12/h2-10H,1H3. The first kappa shape index (κ1) is 16.1.